The van der Waals surface area contributed by atoms with Crippen LogP contribution >= 0.6 is 0 Å². The number of likely N-dealkylation sites (tertiary alicyclic amines) is 1. The third kappa shape index (κ3) is 4.38. The minimum atomic E-state index is -0.361. The van der Waals surface area contributed by atoms with E-state index in [2.05, 4.69) is 10.6 Å². The molecule has 2 aliphatic rings. The monoisotopic (exact) mass is 343 g/mol. The van der Waals surface area contributed by atoms with Crippen molar-refractivity contribution >= 4 is 17.7 Å². The minimum absolute atomic E-state index is 0.00976. The number of benzene rings is 1. The Kier molecular flexibility index (Phi) is 5.36. The number of amides is 3. The van der Waals surface area contributed by atoms with E-state index in [4.69, 9.17) is 0 Å². The number of piperidine rings is 1. The summed E-state index contributed by atoms with van der Waals surface area (Å²) >= 11 is 0. The first-order valence-electron chi connectivity index (χ1n) is 8.95. The van der Waals surface area contributed by atoms with Crippen LogP contribution in [0.4, 0.5) is 0 Å². The number of hydrogen-bond donors (Lipinski definition) is 2. The van der Waals surface area contributed by atoms with Crippen molar-refractivity contribution in [2.75, 3.05) is 13.1 Å². The summed E-state index contributed by atoms with van der Waals surface area (Å²) in [5, 5.41) is 5.81. The van der Waals surface area contributed by atoms with Crippen LogP contribution in [0.5, 0.6) is 0 Å². The SMILES string of the molecule is Cc1ccccc1CC(=O)NC1CCN(C(=O)C2CCC(=O)N2)CC1. The fourth-order valence-corrected chi connectivity index (χ4v) is 3.52. The van der Waals surface area contributed by atoms with Gasteiger partial charge in [-0.2, -0.15) is 0 Å². The molecule has 6 heteroatoms. The molecule has 3 rings (SSSR count). The lowest BCUT2D eigenvalue weighted by atomic mass is 10.0. The number of carbonyl (C=O) groups is 3. The van der Waals surface area contributed by atoms with Crippen LogP contribution in [0.15, 0.2) is 24.3 Å². The molecule has 0 saturated carbocycles. The molecule has 0 aliphatic carbocycles. The van der Waals surface area contributed by atoms with E-state index in [1.54, 1.807) is 4.90 Å². The van der Waals surface area contributed by atoms with Gasteiger partial charge in [-0.05, 0) is 37.3 Å². The van der Waals surface area contributed by atoms with E-state index in [0.29, 0.717) is 32.4 Å². The van der Waals surface area contributed by atoms with Crippen molar-refractivity contribution in [1.82, 2.24) is 15.5 Å². The van der Waals surface area contributed by atoms with Crippen molar-refractivity contribution in [1.29, 1.82) is 0 Å². The first-order valence-corrected chi connectivity index (χ1v) is 8.95. The second kappa shape index (κ2) is 7.68. The highest BCUT2D eigenvalue weighted by Gasteiger charge is 2.32. The molecular weight excluding hydrogens is 318 g/mol. The fraction of sp³-hybridized carbons (Fsp3) is 0.526. The number of carbonyl (C=O) groups excluding carboxylic acids is 3. The number of aryl methyl sites for hydroxylation is 1. The van der Waals surface area contributed by atoms with Crippen molar-refractivity contribution in [3.05, 3.63) is 35.4 Å². The largest absolute Gasteiger partial charge is 0.353 e. The predicted octanol–water partition coefficient (Wildman–Crippen LogP) is 0.923. The van der Waals surface area contributed by atoms with E-state index in [0.717, 1.165) is 24.0 Å². The van der Waals surface area contributed by atoms with Gasteiger partial charge in [0.25, 0.3) is 0 Å². The van der Waals surface area contributed by atoms with Crippen LogP contribution in [-0.4, -0.2) is 47.8 Å². The molecule has 2 saturated heterocycles. The first kappa shape index (κ1) is 17.5. The highest BCUT2D eigenvalue weighted by molar-refractivity contribution is 5.90. The maximum absolute atomic E-state index is 12.4. The molecule has 1 aromatic carbocycles. The Morgan fingerprint density at radius 2 is 1.92 bits per heavy atom. The van der Waals surface area contributed by atoms with Gasteiger partial charge in [0.1, 0.15) is 6.04 Å². The Hall–Kier alpha value is -2.37. The Bertz CT molecular complexity index is 666. The molecule has 0 radical (unpaired) electrons. The van der Waals surface area contributed by atoms with Crippen LogP contribution in [0.3, 0.4) is 0 Å². The van der Waals surface area contributed by atoms with Crippen molar-refractivity contribution in [2.24, 2.45) is 0 Å². The van der Waals surface area contributed by atoms with Crippen LogP contribution in [0, 0.1) is 6.92 Å². The number of rotatable bonds is 4. The molecule has 2 heterocycles. The molecule has 1 atom stereocenters. The molecule has 134 valence electrons. The zero-order valence-corrected chi connectivity index (χ0v) is 14.6. The van der Waals surface area contributed by atoms with Gasteiger partial charge >= 0.3 is 0 Å². The highest BCUT2D eigenvalue weighted by atomic mass is 16.2. The molecule has 0 bridgehead atoms. The summed E-state index contributed by atoms with van der Waals surface area (Å²) < 4.78 is 0. The highest BCUT2D eigenvalue weighted by Crippen LogP contribution is 2.16. The second-order valence-corrected chi connectivity index (χ2v) is 6.93. The number of nitrogens with one attached hydrogen (secondary N) is 2. The average molecular weight is 343 g/mol. The quantitative estimate of drug-likeness (QED) is 0.853. The van der Waals surface area contributed by atoms with Crippen molar-refractivity contribution in [3.8, 4) is 0 Å². The molecule has 1 aromatic rings. The van der Waals surface area contributed by atoms with Crippen LogP contribution < -0.4 is 10.6 Å². The van der Waals surface area contributed by atoms with Gasteiger partial charge in [0.2, 0.25) is 17.7 Å². The van der Waals surface area contributed by atoms with Crippen LogP contribution in [-0.2, 0) is 20.8 Å². The van der Waals surface area contributed by atoms with E-state index in [1.807, 2.05) is 31.2 Å². The summed E-state index contributed by atoms with van der Waals surface area (Å²) in [6.45, 7) is 3.26. The Balaban J connectivity index is 1.44. The third-order valence-electron chi connectivity index (χ3n) is 5.08. The molecule has 3 amide bonds. The average Bonchev–Trinajstić information content (AvgIpc) is 3.03. The van der Waals surface area contributed by atoms with E-state index in [-0.39, 0.29) is 29.8 Å². The number of hydrogen-bond acceptors (Lipinski definition) is 3. The van der Waals surface area contributed by atoms with Gasteiger partial charge in [0, 0.05) is 25.6 Å². The van der Waals surface area contributed by atoms with Gasteiger partial charge in [-0.15, -0.1) is 0 Å². The summed E-state index contributed by atoms with van der Waals surface area (Å²) in [7, 11) is 0. The van der Waals surface area contributed by atoms with E-state index >= 15 is 0 Å². The molecule has 0 aromatic heterocycles. The summed E-state index contributed by atoms with van der Waals surface area (Å²) in [4.78, 5) is 37.7. The van der Waals surface area contributed by atoms with Gasteiger partial charge < -0.3 is 15.5 Å². The maximum Gasteiger partial charge on any atom is 0.245 e. The molecule has 25 heavy (non-hydrogen) atoms. The predicted molar refractivity (Wildman–Crippen MR) is 93.8 cm³/mol. The molecule has 0 spiro atoms. The summed E-state index contributed by atoms with van der Waals surface area (Å²) in [5.74, 6) is -0.00521. The molecular formula is C19H25N3O3. The Morgan fingerprint density at radius 1 is 1.20 bits per heavy atom. The molecule has 2 aliphatic heterocycles. The lowest BCUT2D eigenvalue weighted by molar-refractivity contribution is -0.135. The third-order valence-corrected chi connectivity index (χ3v) is 5.08. The van der Waals surface area contributed by atoms with Crippen molar-refractivity contribution in [2.45, 2.75) is 51.1 Å². The molecule has 1 unspecified atom stereocenters. The summed E-state index contributed by atoms with van der Waals surface area (Å²) in [6, 6.07) is 7.65. The van der Waals surface area contributed by atoms with Gasteiger partial charge in [-0.3, -0.25) is 14.4 Å². The zero-order valence-electron chi connectivity index (χ0n) is 14.6. The van der Waals surface area contributed by atoms with Crippen LogP contribution in [0.2, 0.25) is 0 Å². The van der Waals surface area contributed by atoms with Gasteiger partial charge in [0.15, 0.2) is 0 Å². The lowest BCUT2D eigenvalue weighted by Crippen LogP contribution is -2.51. The van der Waals surface area contributed by atoms with E-state index in [1.165, 1.54) is 0 Å². The standard InChI is InChI=1S/C19H25N3O3/c1-13-4-2-3-5-14(13)12-18(24)20-15-8-10-22(11-9-15)19(25)16-6-7-17(23)21-16/h2-5,15-16H,6-12H2,1H3,(H,20,24)(H,21,23). The fourth-order valence-electron chi connectivity index (χ4n) is 3.52. The van der Waals surface area contributed by atoms with Crippen molar-refractivity contribution < 1.29 is 14.4 Å². The van der Waals surface area contributed by atoms with Gasteiger partial charge in [-0.1, -0.05) is 24.3 Å². The first-order chi connectivity index (χ1) is 12.0. The molecule has 2 N–H and O–H groups in total. The number of nitrogens with zero attached hydrogens (tertiary/aromatic N) is 1. The van der Waals surface area contributed by atoms with Gasteiger partial charge in [0.05, 0.1) is 6.42 Å². The smallest absolute Gasteiger partial charge is 0.245 e. The van der Waals surface area contributed by atoms with Crippen molar-refractivity contribution in [3.63, 3.8) is 0 Å². The topological polar surface area (TPSA) is 78.5 Å². The van der Waals surface area contributed by atoms with Crippen LogP contribution in [0.1, 0.15) is 36.8 Å². The molecule has 2 fully saturated rings. The van der Waals surface area contributed by atoms with Gasteiger partial charge in [-0.25, -0.2) is 0 Å². The Morgan fingerprint density at radius 3 is 2.56 bits per heavy atom. The minimum Gasteiger partial charge on any atom is -0.353 e. The van der Waals surface area contributed by atoms with Crippen LogP contribution in [0.25, 0.3) is 0 Å². The zero-order chi connectivity index (χ0) is 17.8. The summed E-state index contributed by atoms with van der Waals surface area (Å²) in [6.07, 6.45) is 2.92. The maximum atomic E-state index is 12.4. The summed E-state index contributed by atoms with van der Waals surface area (Å²) in [5.41, 5.74) is 2.17. The second-order valence-electron chi connectivity index (χ2n) is 6.93. The normalized spacial score (nSPS) is 21.1. The van der Waals surface area contributed by atoms with E-state index in [9.17, 15) is 14.4 Å². The lowest BCUT2D eigenvalue weighted by Gasteiger charge is -2.33. The Labute approximate surface area is 148 Å². The van der Waals surface area contributed by atoms with E-state index < -0.39 is 0 Å². The molecule has 6 nitrogen and oxygen atoms in total.